The van der Waals surface area contributed by atoms with Crippen LogP contribution in [0.3, 0.4) is 0 Å². The Bertz CT molecular complexity index is 620. The Labute approximate surface area is 119 Å². The van der Waals surface area contributed by atoms with Crippen LogP contribution in [0.25, 0.3) is 0 Å². The number of carbonyl (C=O) groups excluding carboxylic acids is 1. The van der Waals surface area contributed by atoms with Crippen molar-refractivity contribution in [2.24, 2.45) is 0 Å². The minimum absolute atomic E-state index is 0.233. The van der Waals surface area contributed by atoms with Crippen LogP contribution >= 0.6 is 23.2 Å². The van der Waals surface area contributed by atoms with Gasteiger partial charge in [0, 0.05) is 18.1 Å². The average molecular weight is 298 g/mol. The molecule has 2 aromatic rings. The van der Waals surface area contributed by atoms with E-state index in [2.05, 4.69) is 20.0 Å². The average Bonchev–Trinajstić information content (AvgIpc) is 2.42. The van der Waals surface area contributed by atoms with Crippen LogP contribution in [0, 0.1) is 0 Å². The second-order valence-corrected chi connectivity index (χ2v) is 4.27. The molecule has 1 heterocycles. The van der Waals surface area contributed by atoms with E-state index in [1.165, 1.54) is 19.5 Å². The van der Waals surface area contributed by atoms with Gasteiger partial charge in [0.15, 0.2) is 11.0 Å². The largest absolute Gasteiger partial charge is 0.465 e. The van der Waals surface area contributed by atoms with Gasteiger partial charge in [-0.05, 0) is 18.2 Å². The highest BCUT2D eigenvalue weighted by molar-refractivity contribution is 6.33. The highest BCUT2D eigenvalue weighted by Crippen LogP contribution is 2.25. The van der Waals surface area contributed by atoms with Crippen LogP contribution in [0.1, 0.15) is 10.4 Å². The monoisotopic (exact) mass is 297 g/mol. The van der Waals surface area contributed by atoms with E-state index in [1.807, 2.05) is 0 Å². The first-order valence-electron chi connectivity index (χ1n) is 5.23. The summed E-state index contributed by atoms with van der Waals surface area (Å²) in [7, 11) is 1.29. The van der Waals surface area contributed by atoms with Gasteiger partial charge in [0.25, 0.3) is 0 Å². The molecule has 0 fully saturated rings. The predicted octanol–water partition coefficient (Wildman–Crippen LogP) is 3.31. The van der Waals surface area contributed by atoms with Crippen molar-refractivity contribution < 1.29 is 9.53 Å². The molecule has 0 bridgehead atoms. The Balaban J connectivity index is 2.32. The number of halogens is 2. The van der Waals surface area contributed by atoms with E-state index < -0.39 is 5.97 Å². The minimum Gasteiger partial charge on any atom is -0.465 e. The molecule has 1 aromatic carbocycles. The first kappa shape index (κ1) is 13.6. The minimum atomic E-state index is -0.515. The topological polar surface area (TPSA) is 64.1 Å². The number of rotatable bonds is 3. The summed E-state index contributed by atoms with van der Waals surface area (Å²) in [6.45, 7) is 0. The summed E-state index contributed by atoms with van der Waals surface area (Å²) in [6.07, 6.45) is 2.99. The summed E-state index contributed by atoms with van der Waals surface area (Å²) < 4.78 is 4.64. The van der Waals surface area contributed by atoms with Crippen molar-refractivity contribution in [2.45, 2.75) is 0 Å². The third-order valence-corrected chi connectivity index (χ3v) is 2.89. The van der Waals surface area contributed by atoms with Gasteiger partial charge in [-0.2, -0.15) is 0 Å². The van der Waals surface area contributed by atoms with Gasteiger partial charge in [-0.3, -0.25) is 0 Å². The van der Waals surface area contributed by atoms with E-state index in [-0.39, 0.29) is 10.7 Å². The normalized spacial score (nSPS) is 10.1. The van der Waals surface area contributed by atoms with Gasteiger partial charge >= 0.3 is 5.97 Å². The summed E-state index contributed by atoms with van der Waals surface area (Å²) in [5.41, 5.74) is 0.862. The fraction of sp³-hybridized carbons (Fsp3) is 0.0833. The number of carbonyl (C=O) groups is 1. The summed E-state index contributed by atoms with van der Waals surface area (Å²) >= 11 is 11.8. The lowest BCUT2D eigenvalue weighted by atomic mass is 10.2. The fourth-order valence-electron chi connectivity index (χ4n) is 1.41. The number of nitrogens with zero attached hydrogens (tertiary/aromatic N) is 2. The summed E-state index contributed by atoms with van der Waals surface area (Å²) in [4.78, 5) is 19.4. The van der Waals surface area contributed by atoms with Crippen LogP contribution in [0.2, 0.25) is 10.2 Å². The Hall–Kier alpha value is -1.85. The Kier molecular flexibility index (Phi) is 4.19. The van der Waals surface area contributed by atoms with Crippen LogP contribution in [-0.2, 0) is 4.74 Å². The summed E-state index contributed by atoms with van der Waals surface area (Å²) in [5.74, 6) is -0.124. The van der Waals surface area contributed by atoms with Crippen molar-refractivity contribution in [1.29, 1.82) is 0 Å². The van der Waals surface area contributed by atoms with Gasteiger partial charge in [0.05, 0.1) is 17.7 Å². The molecule has 0 unspecified atom stereocenters. The molecule has 0 spiro atoms. The molecule has 0 saturated heterocycles. The molecule has 2 rings (SSSR count). The smallest absolute Gasteiger partial charge is 0.339 e. The molecule has 0 saturated carbocycles. The summed E-state index contributed by atoms with van der Waals surface area (Å²) in [6, 6.07) is 4.83. The van der Waals surface area contributed by atoms with E-state index in [0.717, 1.165) is 0 Å². The maximum Gasteiger partial charge on any atom is 0.339 e. The zero-order chi connectivity index (χ0) is 13.8. The van der Waals surface area contributed by atoms with Crippen LogP contribution in [0.4, 0.5) is 11.5 Å². The van der Waals surface area contributed by atoms with Crippen LogP contribution in [-0.4, -0.2) is 23.0 Å². The number of benzene rings is 1. The number of hydrogen-bond acceptors (Lipinski definition) is 5. The zero-order valence-corrected chi connectivity index (χ0v) is 11.4. The standard InChI is InChI=1S/C12H9Cl2N3O2/c1-19-12(18)8-6-7(2-3-9(8)13)17-11-10(14)15-4-5-16-11/h2-6H,1H3,(H,16,17). The number of ether oxygens (including phenoxy) is 1. The van der Waals surface area contributed by atoms with Crippen molar-refractivity contribution in [3.05, 3.63) is 46.3 Å². The van der Waals surface area contributed by atoms with Gasteiger partial charge in [-0.1, -0.05) is 23.2 Å². The van der Waals surface area contributed by atoms with Crippen LogP contribution < -0.4 is 5.32 Å². The van der Waals surface area contributed by atoms with E-state index >= 15 is 0 Å². The quantitative estimate of drug-likeness (QED) is 0.881. The highest BCUT2D eigenvalue weighted by atomic mass is 35.5. The second kappa shape index (κ2) is 5.86. The number of hydrogen-bond donors (Lipinski definition) is 1. The molecule has 0 aliphatic carbocycles. The van der Waals surface area contributed by atoms with Crippen molar-refractivity contribution >= 4 is 40.7 Å². The zero-order valence-electron chi connectivity index (χ0n) is 9.85. The van der Waals surface area contributed by atoms with Gasteiger partial charge in [-0.25, -0.2) is 14.8 Å². The number of aromatic nitrogens is 2. The van der Waals surface area contributed by atoms with E-state index in [1.54, 1.807) is 18.2 Å². The molecule has 0 aliphatic heterocycles. The fourth-order valence-corrected chi connectivity index (χ4v) is 1.76. The lowest BCUT2D eigenvalue weighted by molar-refractivity contribution is 0.0601. The maximum atomic E-state index is 11.5. The summed E-state index contributed by atoms with van der Waals surface area (Å²) in [5, 5.41) is 3.49. The van der Waals surface area contributed by atoms with Crippen LogP contribution in [0.15, 0.2) is 30.6 Å². The lowest BCUT2D eigenvalue weighted by Gasteiger charge is -2.08. The predicted molar refractivity (Wildman–Crippen MR) is 73.1 cm³/mol. The first-order valence-corrected chi connectivity index (χ1v) is 5.99. The van der Waals surface area contributed by atoms with Gasteiger partial charge in [-0.15, -0.1) is 0 Å². The van der Waals surface area contributed by atoms with Gasteiger partial charge < -0.3 is 10.1 Å². The van der Waals surface area contributed by atoms with E-state index in [4.69, 9.17) is 23.2 Å². The molecule has 0 radical (unpaired) electrons. The number of methoxy groups -OCH3 is 1. The SMILES string of the molecule is COC(=O)c1cc(Nc2nccnc2Cl)ccc1Cl. The molecule has 7 heteroatoms. The van der Waals surface area contributed by atoms with Crippen molar-refractivity contribution in [3.8, 4) is 0 Å². The van der Waals surface area contributed by atoms with Crippen molar-refractivity contribution in [1.82, 2.24) is 9.97 Å². The molecular weight excluding hydrogens is 289 g/mol. The van der Waals surface area contributed by atoms with Crippen molar-refractivity contribution in [2.75, 3.05) is 12.4 Å². The Morgan fingerprint density at radius 3 is 2.68 bits per heavy atom. The molecular formula is C12H9Cl2N3O2. The first-order chi connectivity index (χ1) is 9.11. The second-order valence-electron chi connectivity index (χ2n) is 3.51. The van der Waals surface area contributed by atoms with Gasteiger partial charge in [0.1, 0.15) is 0 Å². The maximum absolute atomic E-state index is 11.5. The highest BCUT2D eigenvalue weighted by Gasteiger charge is 2.12. The molecule has 0 aliphatic rings. The third-order valence-electron chi connectivity index (χ3n) is 2.29. The lowest BCUT2D eigenvalue weighted by Crippen LogP contribution is -2.03. The molecule has 1 N–H and O–H groups in total. The van der Waals surface area contributed by atoms with Crippen molar-refractivity contribution in [3.63, 3.8) is 0 Å². The molecule has 19 heavy (non-hydrogen) atoms. The molecule has 0 atom stereocenters. The molecule has 5 nitrogen and oxygen atoms in total. The molecule has 0 amide bonds. The Morgan fingerprint density at radius 2 is 2.00 bits per heavy atom. The Morgan fingerprint density at radius 1 is 1.26 bits per heavy atom. The molecule has 1 aromatic heterocycles. The van der Waals surface area contributed by atoms with E-state index in [9.17, 15) is 4.79 Å². The molecule has 98 valence electrons. The number of nitrogens with one attached hydrogen (secondary N) is 1. The van der Waals surface area contributed by atoms with Crippen LogP contribution in [0.5, 0.6) is 0 Å². The van der Waals surface area contributed by atoms with E-state index in [0.29, 0.717) is 16.5 Å². The van der Waals surface area contributed by atoms with Gasteiger partial charge in [0.2, 0.25) is 0 Å². The number of esters is 1. The third kappa shape index (κ3) is 3.13. The number of anilines is 2.